The second kappa shape index (κ2) is 7.42. The fourth-order valence-electron chi connectivity index (χ4n) is 4.22. The Morgan fingerprint density at radius 2 is 1.81 bits per heavy atom. The minimum absolute atomic E-state index is 0.575. The monoisotopic (exact) mass is 288 g/mol. The lowest BCUT2D eigenvalue weighted by atomic mass is 9.84. The molecule has 0 aliphatic carbocycles. The van der Waals surface area contributed by atoms with Gasteiger partial charge in [-0.05, 0) is 82.9 Å². The maximum atomic E-state index is 3.43. The average Bonchev–Trinajstić information content (AvgIpc) is 2.61. The number of hydrogen-bond acceptors (Lipinski definition) is 2. The van der Waals surface area contributed by atoms with Crippen LogP contribution in [-0.4, -0.2) is 31.6 Å². The second-order valence-electron chi connectivity index (χ2n) is 6.70. The molecular formula is C19H32N2. The third-order valence-electron chi connectivity index (χ3n) is 5.02. The van der Waals surface area contributed by atoms with Gasteiger partial charge in [0.2, 0.25) is 0 Å². The molecule has 1 N–H and O–H groups in total. The van der Waals surface area contributed by atoms with Crippen molar-refractivity contribution in [3.8, 4) is 0 Å². The van der Waals surface area contributed by atoms with Crippen molar-refractivity contribution >= 4 is 0 Å². The first-order chi connectivity index (χ1) is 10.1. The number of rotatable bonds is 4. The van der Waals surface area contributed by atoms with Crippen LogP contribution in [0, 0.1) is 26.7 Å². The van der Waals surface area contributed by atoms with E-state index in [1.54, 1.807) is 5.56 Å². The number of benzene rings is 1. The minimum atomic E-state index is 0.575. The lowest BCUT2D eigenvalue weighted by molar-refractivity contribution is 0.161. The summed E-state index contributed by atoms with van der Waals surface area (Å²) >= 11 is 0. The zero-order valence-corrected chi connectivity index (χ0v) is 14.5. The molecule has 1 aliphatic heterocycles. The summed E-state index contributed by atoms with van der Waals surface area (Å²) in [6.07, 6.45) is 4.05. The highest BCUT2D eigenvalue weighted by Gasteiger charge is 2.31. The highest BCUT2D eigenvalue weighted by atomic mass is 15.2. The van der Waals surface area contributed by atoms with Gasteiger partial charge in [-0.15, -0.1) is 0 Å². The molecule has 2 nitrogen and oxygen atoms in total. The van der Waals surface area contributed by atoms with E-state index in [2.05, 4.69) is 57.1 Å². The smallest absolute Gasteiger partial charge is 0.0393 e. The van der Waals surface area contributed by atoms with Crippen LogP contribution >= 0.6 is 0 Å². The molecule has 21 heavy (non-hydrogen) atoms. The van der Waals surface area contributed by atoms with E-state index in [9.17, 15) is 0 Å². The third kappa shape index (κ3) is 3.67. The van der Waals surface area contributed by atoms with Crippen LogP contribution in [0.4, 0.5) is 0 Å². The van der Waals surface area contributed by atoms with Crippen LogP contribution in [0.5, 0.6) is 0 Å². The summed E-state index contributed by atoms with van der Waals surface area (Å²) in [5.41, 5.74) is 5.91. The normalized spacial score (nSPS) is 24.0. The lowest BCUT2D eigenvalue weighted by Crippen LogP contribution is -2.37. The largest absolute Gasteiger partial charge is 0.319 e. The zero-order valence-electron chi connectivity index (χ0n) is 14.5. The summed E-state index contributed by atoms with van der Waals surface area (Å²) in [7, 11) is 2.09. The third-order valence-corrected chi connectivity index (χ3v) is 5.02. The van der Waals surface area contributed by atoms with Crippen LogP contribution in [0.1, 0.15) is 54.5 Å². The maximum absolute atomic E-state index is 3.43. The average molecular weight is 288 g/mol. The summed E-state index contributed by atoms with van der Waals surface area (Å²) in [6.45, 7) is 12.6. The molecule has 0 aromatic heterocycles. The SMILES string of the molecule is CCN1CCCCC(CNC)C1c1c(C)cc(C)cc1C. The Labute approximate surface area is 130 Å². The molecule has 1 saturated heterocycles. The maximum Gasteiger partial charge on any atom is 0.0393 e. The molecule has 2 rings (SSSR count). The van der Waals surface area contributed by atoms with Crippen molar-refractivity contribution in [2.75, 3.05) is 26.7 Å². The molecule has 1 aliphatic rings. The number of nitrogens with zero attached hydrogens (tertiary/aromatic N) is 1. The first kappa shape index (κ1) is 16.5. The molecule has 0 amide bonds. The van der Waals surface area contributed by atoms with Gasteiger partial charge < -0.3 is 5.32 Å². The lowest BCUT2D eigenvalue weighted by Gasteiger charge is -2.37. The fraction of sp³-hybridized carbons (Fsp3) is 0.684. The molecule has 0 bridgehead atoms. The summed E-state index contributed by atoms with van der Waals surface area (Å²) in [4.78, 5) is 2.71. The number of hydrogen-bond donors (Lipinski definition) is 1. The van der Waals surface area contributed by atoms with Crippen molar-refractivity contribution in [2.24, 2.45) is 5.92 Å². The molecule has 118 valence electrons. The van der Waals surface area contributed by atoms with Crippen molar-refractivity contribution in [2.45, 2.75) is 53.0 Å². The Bertz CT molecular complexity index is 444. The summed E-state index contributed by atoms with van der Waals surface area (Å²) < 4.78 is 0. The Balaban J connectivity index is 2.47. The van der Waals surface area contributed by atoms with Crippen molar-refractivity contribution < 1.29 is 0 Å². The van der Waals surface area contributed by atoms with E-state index in [0.717, 1.165) is 19.0 Å². The predicted molar refractivity (Wildman–Crippen MR) is 91.9 cm³/mol. The molecule has 1 heterocycles. The standard InChI is InChI=1S/C19H32N2/c1-6-21-10-8-7-9-17(13-20-5)19(21)18-15(3)11-14(2)12-16(18)4/h11-12,17,19-20H,6-10,13H2,1-5H3. The van der Waals surface area contributed by atoms with E-state index in [4.69, 9.17) is 0 Å². The quantitative estimate of drug-likeness (QED) is 0.901. The summed E-state index contributed by atoms with van der Waals surface area (Å²) in [5, 5.41) is 3.43. The molecule has 0 spiro atoms. The van der Waals surface area contributed by atoms with E-state index in [0.29, 0.717) is 6.04 Å². The number of aryl methyl sites for hydroxylation is 3. The highest BCUT2D eigenvalue weighted by Crippen LogP contribution is 2.38. The van der Waals surface area contributed by atoms with E-state index in [1.165, 1.54) is 42.5 Å². The van der Waals surface area contributed by atoms with E-state index in [-0.39, 0.29) is 0 Å². The zero-order chi connectivity index (χ0) is 15.4. The van der Waals surface area contributed by atoms with Gasteiger partial charge in [-0.25, -0.2) is 0 Å². The molecule has 1 aromatic carbocycles. The molecular weight excluding hydrogens is 256 g/mol. The van der Waals surface area contributed by atoms with Gasteiger partial charge in [0, 0.05) is 6.04 Å². The predicted octanol–water partition coefficient (Wildman–Crippen LogP) is 3.99. The number of nitrogens with one attached hydrogen (secondary N) is 1. The first-order valence-corrected chi connectivity index (χ1v) is 8.54. The summed E-state index contributed by atoms with van der Waals surface area (Å²) in [5.74, 6) is 0.720. The van der Waals surface area contributed by atoms with Crippen LogP contribution < -0.4 is 5.32 Å². The molecule has 0 saturated carbocycles. The van der Waals surface area contributed by atoms with E-state index in [1.807, 2.05) is 0 Å². The van der Waals surface area contributed by atoms with Crippen molar-refractivity contribution in [1.29, 1.82) is 0 Å². The van der Waals surface area contributed by atoms with Gasteiger partial charge in [0.05, 0.1) is 0 Å². The Morgan fingerprint density at radius 1 is 1.14 bits per heavy atom. The van der Waals surface area contributed by atoms with Gasteiger partial charge in [-0.2, -0.15) is 0 Å². The topological polar surface area (TPSA) is 15.3 Å². The van der Waals surface area contributed by atoms with Crippen LogP contribution in [0.15, 0.2) is 12.1 Å². The second-order valence-corrected chi connectivity index (χ2v) is 6.70. The van der Waals surface area contributed by atoms with Crippen LogP contribution in [0.3, 0.4) is 0 Å². The highest BCUT2D eigenvalue weighted by molar-refractivity contribution is 5.40. The molecule has 2 unspecified atom stereocenters. The van der Waals surface area contributed by atoms with Crippen molar-refractivity contribution in [3.63, 3.8) is 0 Å². The molecule has 1 aromatic rings. The number of likely N-dealkylation sites (tertiary alicyclic amines) is 1. The van der Waals surface area contributed by atoms with Crippen molar-refractivity contribution in [1.82, 2.24) is 10.2 Å². The fourth-order valence-corrected chi connectivity index (χ4v) is 4.22. The van der Waals surface area contributed by atoms with E-state index >= 15 is 0 Å². The van der Waals surface area contributed by atoms with Gasteiger partial charge in [0.15, 0.2) is 0 Å². The molecule has 2 atom stereocenters. The van der Waals surface area contributed by atoms with Crippen LogP contribution in [-0.2, 0) is 0 Å². The van der Waals surface area contributed by atoms with Gasteiger partial charge in [0.25, 0.3) is 0 Å². The Morgan fingerprint density at radius 3 is 2.38 bits per heavy atom. The first-order valence-electron chi connectivity index (χ1n) is 8.54. The van der Waals surface area contributed by atoms with Crippen molar-refractivity contribution in [3.05, 3.63) is 34.4 Å². The Hall–Kier alpha value is -0.860. The van der Waals surface area contributed by atoms with Gasteiger partial charge in [0.1, 0.15) is 0 Å². The van der Waals surface area contributed by atoms with Crippen LogP contribution in [0.25, 0.3) is 0 Å². The summed E-state index contributed by atoms with van der Waals surface area (Å²) in [6, 6.07) is 5.29. The van der Waals surface area contributed by atoms with Gasteiger partial charge >= 0.3 is 0 Å². The molecule has 2 heteroatoms. The molecule has 1 fully saturated rings. The van der Waals surface area contributed by atoms with Gasteiger partial charge in [-0.1, -0.05) is 31.0 Å². The van der Waals surface area contributed by atoms with Crippen LogP contribution in [0.2, 0.25) is 0 Å². The van der Waals surface area contributed by atoms with Gasteiger partial charge in [-0.3, -0.25) is 4.90 Å². The Kier molecular flexibility index (Phi) is 5.83. The van der Waals surface area contributed by atoms with E-state index < -0.39 is 0 Å². The molecule has 0 radical (unpaired) electrons. The minimum Gasteiger partial charge on any atom is -0.319 e.